The Kier molecular flexibility index (Phi) is 3.98. The first-order chi connectivity index (χ1) is 7.47. The topological polar surface area (TPSA) is 59.1 Å². The van der Waals surface area contributed by atoms with Crippen LogP contribution in [0.25, 0.3) is 6.08 Å². The normalized spacial score (nSPS) is 11.1. The second kappa shape index (κ2) is 5.05. The molecule has 5 heteroatoms. The first kappa shape index (κ1) is 12.6. The quantitative estimate of drug-likeness (QED) is 0.792. The first-order valence-electron chi connectivity index (χ1n) is 4.68. The van der Waals surface area contributed by atoms with Gasteiger partial charge in [-0.3, -0.25) is 4.98 Å². The first-order valence-corrected chi connectivity index (χ1v) is 6.16. The van der Waals surface area contributed by atoms with Gasteiger partial charge < -0.3 is 0 Å². The molecule has 0 unspecified atom stereocenters. The van der Waals surface area contributed by atoms with Crippen LogP contribution in [0.2, 0.25) is 0 Å². The van der Waals surface area contributed by atoms with Gasteiger partial charge in [-0.25, -0.2) is 13.1 Å². The highest BCUT2D eigenvalue weighted by atomic mass is 32.2. The zero-order valence-electron chi connectivity index (χ0n) is 9.10. The average Bonchev–Trinajstić information content (AvgIpc) is 2.26. The van der Waals surface area contributed by atoms with E-state index in [-0.39, 0.29) is 11.4 Å². The van der Waals surface area contributed by atoms with Crippen molar-refractivity contribution >= 4 is 16.1 Å². The third-order valence-electron chi connectivity index (χ3n) is 1.89. The lowest BCUT2D eigenvalue weighted by Gasteiger charge is -2.08. The monoisotopic (exact) mass is 238 g/mol. The van der Waals surface area contributed by atoms with Crippen LogP contribution in [-0.4, -0.2) is 19.9 Å². The fourth-order valence-corrected chi connectivity index (χ4v) is 2.33. The van der Waals surface area contributed by atoms with Crippen molar-refractivity contribution in [2.45, 2.75) is 11.8 Å². The van der Waals surface area contributed by atoms with Gasteiger partial charge in [-0.15, -0.1) is 0 Å². The van der Waals surface area contributed by atoms with Gasteiger partial charge in [-0.2, -0.15) is 0 Å². The van der Waals surface area contributed by atoms with Crippen molar-refractivity contribution in [1.82, 2.24) is 9.71 Å². The summed E-state index contributed by atoms with van der Waals surface area (Å²) < 4.78 is 26.2. The summed E-state index contributed by atoms with van der Waals surface area (Å²) in [6, 6.07) is 1.60. The molecule has 86 valence electrons. The van der Waals surface area contributed by atoms with Crippen LogP contribution in [0, 0.1) is 0 Å². The lowest BCUT2D eigenvalue weighted by Crippen LogP contribution is -2.26. The second-order valence-corrected chi connectivity index (χ2v) is 5.13. The fraction of sp³-hybridized carbons (Fsp3) is 0.182. The molecule has 16 heavy (non-hydrogen) atoms. The Hall–Kier alpha value is -1.46. The molecule has 0 aromatic carbocycles. The molecule has 0 saturated carbocycles. The Bertz CT molecular complexity index is 506. The standard InChI is InChI=1S/C11H14N2O2S/c1-4-10-5-6-12-8-11(10)16(14,15)13-7-9(2)3/h4-6,8,13H,1-2,7H2,3H3. The highest BCUT2D eigenvalue weighted by molar-refractivity contribution is 7.89. The molecule has 0 fully saturated rings. The van der Waals surface area contributed by atoms with Crippen LogP contribution in [0.4, 0.5) is 0 Å². The molecule has 0 amide bonds. The summed E-state index contributed by atoms with van der Waals surface area (Å²) in [7, 11) is -3.54. The van der Waals surface area contributed by atoms with Crippen molar-refractivity contribution in [2.75, 3.05) is 6.54 Å². The maximum absolute atomic E-state index is 11.9. The lowest BCUT2D eigenvalue weighted by molar-refractivity contribution is 0.584. The van der Waals surface area contributed by atoms with Gasteiger partial charge in [0.05, 0.1) is 0 Å². The number of nitrogens with zero attached hydrogens (tertiary/aromatic N) is 1. The van der Waals surface area contributed by atoms with Gasteiger partial charge in [0.2, 0.25) is 10.0 Å². The predicted octanol–water partition coefficient (Wildman–Crippen LogP) is 1.58. The summed E-state index contributed by atoms with van der Waals surface area (Å²) in [5.41, 5.74) is 1.27. The average molecular weight is 238 g/mol. The summed E-state index contributed by atoms with van der Waals surface area (Å²) in [6.07, 6.45) is 4.31. The molecule has 1 heterocycles. The van der Waals surface area contributed by atoms with Crippen LogP contribution in [-0.2, 0) is 10.0 Å². The van der Waals surface area contributed by atoms with Crippen LogP contribution < -0.4 is 4.72 Å². The van der Waals surface area contributed by atoms with Crippen LogP contribution in [0.15, 0.2) is 42.1 Å². The Morgan fingerprint density at radius 1 is 1.62 bits per heavy atom. The third-order valence-corrected chi connectivity index (χ3v) is 3.33. The molecule has 0 saturated heterocycles. The molecule has 4 nitrogen and oxygen atoms in total. The van der Waals surface area contributed by atoms with E-state index in [1.54, 1.807) is 13.0 Å². The van der Waals surface area contributed by atoms with Crippen molar-refractivity contribution in [3.8, 4) is 0 Å². The zero-order chi connectivity index (χ0) is 12.2. The molecule has 0 atom stereocenters. The molecule has 0 spiro atoms. The van der Waals surface area contributed by atoms with Crippen molar-refractivity contribution < 1.29 is 8.42 Å². The van der Waals surface area contributed by atoms with Gasteiger partial charge in [-0.05, 0) is 18.6 Å². The summed E-state index contributed by atoms with van der Waals surface area (Å²) >= 11 is 0. The fourth-order valence-electron chi connectivity index (χ4n) is 1.08. The van der Waals surface area contributed by atoms with Crippen molar-refractivity contribution in [2.24, 2.45) is 0 Å². The molecule has 0 bridgehead atoms. The highest BCUT2D eigenvalue weighted by Gasteiger charge is 2.16. The number of sulfonamides is 1. The van der Waals surface area contributed by atoms with E-state index in [1.807, 2.05) is 0 Å². The van der Waals surface area contributed by atoms with Gasteiger partial charge >= 0.3 is 0 Å². The van der Waals surface area contributed by atoms with Gasteiger partial charge in [0.1, 0.15) is 4.90 Å². The van der Waals surface area contributed by atoms with Gasteiger partial charge in [0, 0.05) is 18.9 Å². The van der Waals surface area contributed by atoms with E-state index in [9.17, 15) is 8.42 Å². The smallest absolute Gasteiger partial charge is 0.242 e. The highest BCUT2D eigenvalue weighted by Crippen LogP contribution is 2.14. The minimum atomic E-state index is -3.54. The summed E-state index contributed by atoms with van der Waals surface area (Å²) in [5.74, 6) is 0. The van der Waals surface area contributed by atoms with Crippen LogP contribution >= 0.6 is 0 Å². The van der Waals surface area contributed by atoms with Crippen molar-refractivity contribution in [1.29, 1.82) is 0 Å². The van der Waals surface area contributed by atoms with Crippen molar-refractivity contribution in [3.05, 3.63) is 42.8 Å². The summed E-state index contributed by atoms with van der Waals surface area (Å²) in [6.45, 7) is 9.16. The number of hydrogen-bond donors (Lipinski definition) is 1. The number of rotatable bonds is 5. The molecule has 1 aromatic rings. The van der Waals surface area contributed by atoms with Crippen LogP contribution in [0.1, 0.15) is 12.5 Å². The molecule has 0 aliphatic rings. The second-order valence-electron chi connectivity index (χ2n) is 3.40. The SMILES string of the molecule is C=Cc1ccncc1S(=O)(=O)NCC(=C)C. The predicted molar refractivity (Wildman–Crippen MR) is 64.3 cm³/mol. The van der Waals surface area contributed by atoms with Crippen LogP contribution in [0.5, 0.6) is 0 Å². The Labute approximate surface area is 95.8 Å². The number of aromatic nitrogens is 1. The van der Waals surface area contributed by atoms with E-state index in [4.69, 9.17) is 0 Å². The van der Waals surface area contributed by atoms with Gasteiger partial charge in [-0.1, -0.05) is 24.8 Å². The van der Waals surface area contributed by atoms with E-state index in [2.05, 4.69) is 22.9 Å². The van der Waals surface area contributed by atoms with E-state index in [0.717, 1.165) is 5.57 Å². The summed E-state index contributed by atoms with van der Waals surface area (Å²) in [5, 5.41) is 0. The Balaban J connectivity index is 3.07. The molecular weight excluding hydrogens is 224 g/mol. The van der Waals surface area contributed by atoms with E-state index >= 15 is 0 Å². The maximum atomic E-state index is 11.9. The van der Waals surface area contributed by atoms with E-state index < -0.39 is 10.0 Å². The number of hydrogen-bond acceptors (Lipinski definition) is 3. The molecular formula is C11H14N2O2S. The molecule has 0 radical (unpaired) electrons. The molecule has 1 N–H and O–H groups in total. The lowest BCUT2D eigenvalue weighted by atomic mass is 10.3. The molecule has 0 aliphatic heterocycles. The number of pyridine rings is 1. The zero-order valence-corrected chi connectivity index (χ0v) is 9.92. The molecule has 0 aliphatic carbocycles. The largest absolute Gasteiger partial charge is 0.263 e. The summed E-state index contributed by atoms with van der Waals surface area (Å²) in [4.78, 5) is 3.93. The van der Waals surface area contributed by atoms with Crippen molar-refractivity contribution in [3.63, 3.8) is 0 Å². The van der Waals surface area contributed by atoms with Crippen LogP contribution in [0.3, 0.4) is 0 Å². The van der Waals surface area contributed by atoms with Gasteiger partial charge in [0.15, 0.2) is 0 Å². The maximum Gasteiger partial charge on any atom is 0.242 e. The third kappa shape index (κ3) is 3.01. The Morgan fingerprint density at radius 2 is 2.31 bits per heavy atom. The molecule has 1 rings (SSSR count). The van der Waals surface area contributed by atoms with E-state index in [0.29, 0.717) is 5.56 Å². The molecule has 1 aromatic heterocycles. The Morgan fingerprint density at radius 3 is 2.88 bits per heavy atom. The minimum absolute atomic E-state index is 0.131. The number of nitrogens with one attached hydrogen (secondary N) is 1. The minimum Gasteiger partial charge on any atom is -0.263 e. The van der Waals surface area contributed by atoms with Gasteiger partial charge in [0.25, 0.3) is 0 Å². The van der Waals surface area contributed by atoms with E-state index in [1.165, 1.54) is 18.5 Å².